The molecule has 0 aromatic rings. The summed E-state index contributed by atoms with van der Waals surface area (Å²) in [6, 6.07) is 0. The van der Waals surface area contributed by atoms with Gasteiger partial charge in [-0.05, 0) is 0 Å². The third kappa shape index (κ3) is 3.34. The van der Waals surface area contributed by atoms with Crippen molar-refractivity contribution in [3.05, 3.63) is 5.03 Å². The third-order valence-electron chi connectivity index (χ3n) is 0.607. The first-order chi connectivity index (χ1) is 4.39. The molecule has 0 aliphatic rings. The zero-order chi connectivity index (χ0) is 8.36. The molecule has 0 bridgehead atoms. The van der Waals surface area contributed by atoms with Crippen molar-refractivity contribution in [3.8, 4) is 0 Å². The van der Waals surface area contributed by atoms with Crippen molar-refractivity contribution in [1.82, 2.24) is 0 Å². The van der Waals surface area contributed by atoms with Crippen LogP contribution >= 0.6 is 58.0 Å². The summed E-state index contributed by atoms with van der Waals surface area (Å²) in [7, 11) is 0. The molecule has 6 heteroatoms. The molecule has 0 saturated heterocycles. The smallest absolute Gasteiger partial charge is 0.212 e. The predicted molar refractivity (Wildman–Crippen MR) is 45.0 cm³/mol. The molecule has 0 N–H and O–H groups in total. The molecule has 1 unspecified atom stereocenters. The van der Waals surface area contributed by atoms with Gasteiger partial charge in [0.25, 0.3) is 0 Å². The molecule has 1 nitrogen and oxygen atoms in total. The molecule has 58 valence electrons. The third-order valence-corrected chi connectivity index (χ3v) is 2.55. The van der Waals surface area contributed by atoms with Crippen LogP contribution in [0.2, 0.25) is 0 Å². The van der Waals surface area contributed by atoms with Crippen LogP contribution in [0.25, 0.3) is 0 Å². The highest BCUT2D eigenvalue weighted by atomic mass is 35.6. The first-order valence-electron chi connectivity index (χ1n) is 2.01. The molecule has 0 amide bonds. The largest absolute Gasteiger partial charge is 0.232 e. The quantitative estimate of drug-likeness (QED) is 0.510. The van der Waals surface area contributed by atoms with Crippen molar-refractivity contribution >= 4 is 63.9 Å². The Kier molecular flexibility index (Phi) is 4.42. The molecule has 0 rings (SSSR count). The Morgan fingerprint density at radius 2 is 1.80 bits per heavy atom. The second kappa shape index (κ2) is 4.06. The molecule has 0 fully saturated rings. The number of halogens is 5. The Balaban J connectivity index is 4.37. The van der Waals surface area contributed by atoms with E-state index >= 15 is 0 Å². The molecule has 0 aliphatic carbocycles. The van der Waals surface area contributed by atoms with Gasteiger partial charge in [-0.1, -0.05) is 46.4 Å². The minimum Gasteiger partial charge on any atom is -0.232 e. The molecule has 10 heavy (non-hydrogen) atoms. The minimum atomic E-state index is -1.77. The van der Waals surface area contributed by atoms with E-state index in [0.29, 0.717) is 0 Å². The molecular weight excluding hydrogens is 241 g/mol. The van der Waals surface area contributed by atoms with Gasteiger partial charge < -0.3 is 0 Å². The highest BCUT2D eigenvalue weighted by Gasteiger charge is 2.33. The number of hydrogen-bond acceptors (Lipinski definition) is 1. The Bertz CT molecular complexity index is 165. The molecule has 0 heterocycles. The average molecular weight is 242 g/mol. The highest BCUT2D eigenvalue weighted by Crippen LogP contribution is 2.37. The number of hydrogen-bond donors (Lipinski definition) is 0. The minimum absolute atomic E-state index is 0.346. The van der Waals surface area contributed by atoms with Crippen molar-refractivity contribution < 1.29 is 4.79 Å². The molecule has 0 radical (unpaired) electrons. The lowest BCUT2D eigenvalue weighted by Crippen LogP contribution is -2.19. The number of carbonyl (C=O) groups excluding carboxylic acids is 1. The van der Waals surface area contributed by atoms with Gasteiger partial charge in [-0.3, -0.25) is 0 Å². The van der Waals surface area contributed by atoms with Crippen LogP contribution in [0.5, 0.6) is 0 Å². The predicted octanol–water partition coefficient (Wildman–Crippen LogP) is 2.92. The second-order valence-corrected chi connectivity index (χ2v) is 4.57. The molecular formula is C4HCl5O. The van der Waals surface area contributed by atoms with Crippen LogP contribution in [0.3, 0.4) is 0 Å². The van der Waals surface area contributed by atoms with E-state index in [9.17, 15) is 4.79 Å². The van der Waals surface area contributed by atoms with Crippen molar-refractivity contribution in [2.24, 2.45) is 0 Å². The van der Waals surface area contributed by atoms with Crippen LogP contribution in [0.4, 0.5) is 0 Å². The van der Waals surface area contributed by atoms with Gasteiger partial charge >= 0.3 is 0 Å². The van der Waals surface area contributed by atoms with Gasteiger partial charge in [0.1, 0.15) is 16.4 Å². The van der Waals surface area contributed by atoms with Gasteiger partial charge in [0.2, 0.25) is 3.79 Å². The van der Waals surface area contributed by atoms with Crippen molar-refractivity contribution in [3.63, 3.8) is 0 Å². The summed E-state index contributed by atoms with van der Waals surface area (Å²) in [5, 5.41) is -1.49. The summed E-state index contributed by atoms with van der Waals surface area (Å²) in [4.78, 5) is 9.84. The van der Waals surface area contributed by atoms with Crippen molar-refractivity contribution in [2.75, 3.05) is 0 Å². The highest BCUT2D eigenvalue weighted by molar-refractivity contribution is 6.71. The Morgan fingerprint density at radius 3 is 1.90 bits per heavy atom. The first-order valence-corrected chi connectivity index (χ1v) is 3.95. The molecule has 1 atom stereocenters. The number of rotatable bonds is 1. The van der Waals surface area contributed by atoms with Gasteiger partial charge in [-0.15, -0.1) is 11.6 Å². The number of allylic oxidation sites excluding steroid dienone is 1. The standard InChI is InChI=1S/C4HCl5O/c5-2(1-10)3(6)4(7,8)9/h3H. The van der Waals surface area contributed by atoms with Gasteiger partial charge in [-0.25, -0.2) is 4.79 Å². The molecule has 0 aromatic carbocycles. The van der Waals surface area contributed by atoms with Crippen LogP contribution in [0.1, 0.15) is 0 Å². The fourth-order valence-electron chi connectivity index (χ4n) is 0.195. The van der Waals surface area contributed by atoms with E-state index < -0.39 is 9.17 Å². The Labute approximate surface area is 82.8 Å². The van der Waals surface area contributed by atoms with E-state index in [0.717, 1.165) is 0 Å². The monoisotopic (exact) mass is 240 g/mol. The normalized spacial score (nSPS) is 14.1. The van der Waals surface area contributed by atoms with Crippen molar-refractivity contribution in [2.45, 2.75) is 9.17 Å². The van der Waals surface area contributed by atoms with Crippen LogP contribution in [-0.2, 0) is 4.79 Å². The zero-order valence-electron chi connectivity index (χ0n) is 4.38. The lowest BCUT2D eigenvalue weighted by Gasteiger charge is -2.14. The molecule has 0 aromatic heterocycles. The zero-order valence-corrected chi connectivity index (χ0v) is 8.16. The van der Waals surface area contributed by atoms with E-state index in [1.54, 1.807) is 0 Å². The summed E-state index contributed by atoms with van der Waals surface area (Å²) < 4.78 is -1.77. The molecule has 0 spiro atoms. The summed E-state index contributed by atoms with van der Waals surface area (Å²) in [6.07, 6.45) is 0. The molecule has 0 saturated carbocycles. The maximum Gasteiger partial charge on any atom is 0.212 e. The van der Waals surface area contributed by atoms with E-state index in [2.05, 4.69) is 0 Å². The second-order valence-electron chi connectivity index (χ2n) is 1.35. The topological polar surface area (TPSA) is 17.1 Å². The van der Waals surface area contributed by atoms with Crippen LogP contribution in [0.15, 0.2) is 5.03 Å². The lowest BCUT2D eigenvalue weighted by molar-refractivity contribution is 0.567. The first kappa shape index (κ1) is 10.9. The van der Waals surface area contributed by atoms with E-state index in [1.165, 1.54) is 5.94 Å². The van der Waals surface area contributed by atoms with E-state index in [4.69, 9.17) is 58.0 Å². The maximum atomic E-state index is 9.84. The van der Waals surface area contributed by atoms with Crippen LogP contribution in [0, 0.1) is 0 Å². The van der Waals surface area contributed by atoms with Crippen LogP contribution < -0.4 is 0 Å². The lowest BCUT2D eigenvalue weighted by atomic mass is 10.4. The van der Waals surface area contributed by atoms with Gasteiger partial charge in [0, 0.05) is 0 Å². The number of alkyl halides is 4. The summed E-state index contributed by atoms with van der Waals surface area (Å²) in [6.45, 7) is 0. The van der Waals surface area contributed by atoms with Crippen molar-refractivity contribution in [1.29, 1.82) is 0 Å². The SMILES string of the molecule is O=C=C(Cl)C(Cl)C(Cl)(Cl)Cl. The van der Waals surface area contributed by atoms with Crippen LogP contribution in [-0.4, -0.2) is 15.1 Å². The summed E-state index contributed by atoms with van der Waals surface area (Å²) in [5.41, 5.74) is 0. The fourth-order valence-corrected chi connectivity index (χ4v) is 0.899. The summed E-state index contributed by atoms with van der Waals surface area (Å²) >= 11 is 26.4. The van der Waals surface area contributed by atoms with Gasteiger partial charge in [-0.2, -0.15) is 0 Å². The Morgan fingerprint density at radius 1 is 1.40 bits per heavy atom. The summed E-state index contributed by atoms with van der Waals surface area (Å²) in [5.74, 6) is 1.32. The molecule has 0 aliphatic heterocycles. The van der Waals surface area contributed by atoms with E-state index in [-0.39, 0.29) is 5.03 Å². The maximum absolute atomic E-state index is 9.84. The fraction of sp³-hybridized carbons (Fsp3) is 0.500. The Hall–Kier alpha value is 0.900. The van der Waals surface area contributed by atoms with Gasteiger partial charge in [0.05, 0.1) is 0 Å². The van der Waals surface area contributed by atoms with E-state index in [1.807, 2.05) is 0 Å². The van der Waals surface area contributed by atoms with Gasteiger partial charge in [0.15, 0.2) is 0 Å². The average Bonchev–Trinajstić information content (AvgIpc) is 1.83.